The smallest absolute Gasteiger partial charge is 0.412 e. The van der Waals surface area contributed by atoms with Gasteiger partial charge in [-0.3, -0.25) is 0 Å². The average molecular weight is 343 g/mol. The molecule has 80 valence electrons. The molecule has 0 amide bonds. The summed E-state index contributed by atoms with van der Waals surface area (Å²) in [5.74, 6) is 0. The standard InChI is InChI=1S/La.3NO3.H2O/c;3*2-1(3)4;/h;;;;1H2/q+3;3*-1;. The molecule has 0 saturated carbocycles. The summed E-state index contributed by atoms with van der Waals surface area (Å²) in [5, 5.41) is 44.2. The molecule has 0 fully saturated rings. The Labute approximate surface area is 102 Å². The van der Waals surface area contributed by atoms with Crippen LogP contribution in [0.25, 0.3) is 0 Å². The molecule has 0 radical (unpaired) electrons. The zero-order valence-electron chi connectivity index (χ0n) is 6.09. The van der Waals surface area contributed by atoms with Crippen LogP contribution < -0.4 is 0 Å². The Morgan fingerprint density at radius 2 is 0.571 bits per heavy atom. The maximum Gasteiger partial charge on any atom is 3.00 e. The molecule has 2 N–H and O–H groups in total. The Kier molecular flexibility index (Phi) is 47.3. The van der Waals surface area contributed by atoms with Crippen molar-refractivity contribution in [2.75, 3.05) is 0 Å². The van der Waals surface area contributed by atoms with E-state index >= 15 is 0 Å². The summed E-state index contributed by atoms with van der Waals surface area (Å²) in [6.07, 6.45) is 0. The minimum Gasteiger partial charge on any atom is -0.412 e. The van der Waals surface area contributed by atoms with Crippen molar-refractivity contribution in [3.8, 4) is 0 Å². The number of hydrogen-bond acceptors (Lipinski definition) is 9. The molecule has 0 heterocycles. The number of rotatable bonds is 0. The van der Waals surface area contributed by atoms with Gasteiger partial charge in [-0.15, -0.1) is 0 Å². The van der Waals surface area contributed by atoms with Crippen molar-refractivity contribution in [3.05, 3.63) is 46.0 Å². The molecular weight excluding hydrogens is 341 g/mol. The van der Waals surface area contributed by atoms with E-state index in [1.54, 1.807) is 0 Å². The Hall–Kier alpha value is -1.25. The fourth-order valence-electron chi connectivity index (χ4n) is 0. The van der Waals surface area contributed by atoms with E-state index in [1.165, 1.54) is 0 Å². The number of hydrogen-bond donors (Lipinski definition) is 0. The summed E-state index contributed by atoms with van der Waals surface area (Å²) >= 11 is 0. The van der Waals surface area contributed by atoms with E-state index in [1.807, 2.05) is 0 Å². The third kappa shape index (κ3) is 660. The van der Waals surface area contributed by atoms with Crippen LogP contribution in [0.1, 0.15) is 0 Å². The second-order valence-corrected chi connectivity index (χ2v) is 0.671. The van der Waals surface area contributed by atoms with Crippen LogP contribution in [0.2, 0.25) is 0 Å². The van der Waals surface area contributed by atoms with E-state index in [2.05, 4.69) is 0 Å². The predicted octanol–water partition coefficient (Wildman–Crippen LogP) is -1.54. The first-order chi connectivity index (χ1) is 5.20. The fourth-order valence-corrected chi connectivity index (χ4v) is 0. The van der Waals surface area contributed by atoms with E-state index in [0.29, 0.717) is 0 Å². The molecule has 0 saturated heterocycles. The van der Waals surface area contributed by atoms with Crippen LogP contribution in [0, 0.1) is 81.6 Å². The van der Waals surface area contributed by atoms with Crippen LogP contribution in [0.4, 0.5) is 0 Å². The van der Waals surface area contributed by atoms with Gasteiger partial charge < -0.3 is 51.4 Å². The van der Waals surface area contributed by atoms with Crippen LogP contribution in [0.3, 0.4) is 0 Å². The van der Waals surface area contributed by atoms with Gasteiger partial charge in [0.1, 0.15) is 0 Å². The van der Waals surface area contributed by atoms with Crippen molar-refractivity contribution in [1.29, 1.82) is 0 Å². The maximum absolute atomic E-state index is 8.25. The van der Waals surface area contributed by atoms with Crippen LogP contribution in [0.5, 0.6) is 0 Å². The average Bonchev–Trinajstić information content (AvgIpc) is 1.54. The quantitative estimate of drug-likeness (QED) is 0.365. The number of nitrogens with zero attached hydrogens (tertiary/aromatic N) is 3. The Bertz CT molecular complexity index is 113. The van der Waals surface area contributed by atoms with Crippen LogP contribution >= 0.6 is 0 Å². The zero-order chi connectivity index (χ0) is 10.7. The van der Waals surface area contributed by atoms with Crippen molar-refractivity contribution >= 4 is 0 Å². The van der Waals surface area contributed by atoms with Gasteiger partial charge in [-0.25, -0.2) is 0 Å². The van der Waals surface area contributed by atoms with Crippen molar-refractivity contribution < 1.29 is 56.3 Å². The second-order valence-electron chi connectivity index (χ2n) is 0.671. The molecule has 0 aromatic heterocycles. The van der Waals surface area contributed by atoms with Gasteiger partial charge in [0.15, 0.2) is 0 Å². The minimum absolute atomic E-state index is 0. The van der Waals surface area contributed by atoms with E-state index < -0.39 is 15.3 Å². The summed E-state index contributed by atoms with van der Waals surface area (Å²) in [6, 6.07) is 0. The van der Waals surface area contributed by atoms with Gasteiger partial charge >= 0.3 is 35.6 Å². The monoisotopic (exact) mass is 343 g/mol. The summed E-state index contributed by atoms with van der Waals surface area (Å²) in [5.41, 5.74) is 0. The van der Waals surface area contributed by atoms with Gasteiger partial charge in [0.2, 0.25) is 0 Å². The molecular formula is H2LaN3O10. The normalized spacial score (nSPS) is 5.14. The molecule has 0 bridgehead atoms. The van der Waals surface area contributed by atoms with Gasteiger partial charge in [-0.1, -0.05) is 0 Å². The third-order valence-corrected chi connectivity index (χ3v) is 0. The molecule has 0 aliphatic rings. The molecule has 13 nitrogen and oxygen atoms in total. The van der Waals surface area contributed by atoms with Crippen LogP contribution in [-0.2, 0) is 0 Å². The van der Waals surface area contributed by atoms with Crippen molar-refractivity contribution in [3.63, 3.8) is 0 Å². The molecule has 0 aliphatic heterocycles. The van der Waals surface area contributed by atoms with E-state index in [9.17, 15) is 0 Å². The first-order valence-electron chi connectivity index (χ1n) is 1.64. The van der Waals surface area contributed by atoms with Crippen molar-refractivity contribution in [2.24, 2.45) is 0 Å². The summed E-state index contributed by atoms with van der Waals surface area (Å²) in [4.78, 5) is 24.8. The van der Waals surface area contributed by atoms with Gasteiger partial charge in [-0.2, -0.15) is 0 Å². The van der Waals surface area contributed by atoms with Gasteiger partial charge in [0, 0.05) is 0 Å². The van der Waals surface area contributed by atoms with Gasteiger partial charge in [0.05, 0.1) is 15.3 Å². The van der Waals surface area contributed by atoms with Gasteiger partial charge in [0.25, 0.3) is 0 Å². The largest absolute Gasteiger partial charge is 3.00 e. The SMILES string of the molecule is O.O=[N+]([O-])[O-].O=[N+]([O-])[O-].O=[N+]([O-])[O-].[La+3]. The first-order valence-corrected chi connectivity index (χ1v) is 1.64. The predicted molar refractivity (Wildman–Crippen MR) is 34.7 cm³/mol. The zero-order valence-corrected chi connectivity index (χ0v) is 9.72. The van der Waals surface area contributed by atoms with E-state index in [-0.39, 0.29) is 41.1 Å². The molecule has 14 heavy (non-hydrogen) atoms. The van der Waals surface area contributed by atoms with Gasteiger partial charge in [-0.05, 0) is 0 Å². The molecule has 0 unspecified atom stereocenters. The summed E-state index contributed by atoms with van der Waals surface area (Å²) < 4.78 is 0. The maximum atomic E-state index is 8.25. The molecule has 0 aromatic rings. The van der Waals surface area contributed by atoms with Crippen molar-refractivity contribution in [2.45, 2.75) is 0 Å². The first kappa shape index (κ1) is 29.3. The second kappa shape index (κ2) is 22.6. The summed E-state index contributed by atoms with van der Waals surface area (Å²) in [6.45, 7) is 0. The molecule has 0 atom stereocenters. The Morgan fingerprint density at radius 3 is 0.571 bits per heavy atom. The Morgan fingerprint density at radius 1 is 0.571 bits per heavy atom. The fraction of sp³-hybridized carbons (Fsp3) is 0. The third-order valence-electron chi connectivity index (χ3n) is 0. The van der Waals surface area contributed by atoms with E-state index in [0.717, 1.165) is 0 Å². The van der Waals surface area contributed by atoms with Crippen LogP contribution in [0.15, 0.2) is 0 Å². The molecule has 0 aromatic carbocycles. The minimum atomic E-state index is -1.75. The molecule has 0 spiro atoms. The molecule has 14 heteroatoms. The van der Waals surface area contributed by atoms with Crippen molar-refractivity contribution in [1.82, 2.24) is 0 Å². The molecule has 0 rings (SSSR count). The summed E-state index contributed by atoms with van der Waals surface area (Å²) in [7, 11) is 0. The Balaban J connectivity index is -0.0000000270. The topological polar surface area (TPSA) is 230 Å². The van der Waals surface area contributed by atoms with Crippen LogP contribution in [-0.4, -0.2) is 20.7 Å². The van der Waals surface area contributed by atoms with E-state index in [4.69, 9.17) is 46.0 Å². The molecule has 0 aliphatic carbocycles.